The molecular weight excluding hydrogens is 681 g/mol. The zero-order valence-electron chi connectivity index (χ0n) is 26.5. The Labute approximate surface area is 292 Å². The summed E-state index contributed by atoms with van der Waals surface area (Å²) in [6, 6.07) is 29.2. The van der Waals surface area contributed by atoms with Gasteiger partial charge >= 0.3 is 6.36 Å². The number of rotatable bonds is 8. The number of aryl methyl sites for hydroxylation is 1. The van der Waals surface area contributed by atoms with E-state index >= 15 is 0 Å². The maximum absolute atomic E-state index is 14.2. The van der Waals surface area contributed by atoms with Crippen LogP contribution < -0.4 is 14.8 Å². The summed E-state index contributed by atoms with van der Waals surface area (Å²) in [5.41, 5.74) is 3.41. The molecule has 11 nitrogen and oxygen atoms in total. The van der Waals surface area contributed by atoms with E-state index in [-0.39, 0.29) is 22.6 Å². The Balaban J connectivity index is 1.55. The van der Waals surface area contributed by atoms with E-state index in [4.69, 9.17) is 26.3 Å². The summed E-state index contributed by atoms with van der Waals surface area (Å²) in [6.07, 6.45) is 0.899. The fourth-order valence-corrected chi connectivity index (χ4v) is 6.23. The van der Waals surface area contributed by atoms with Crippen LogP contribution in [0.2, 0.25) is 5.02 Å². The quantitative estimate of drug-likeness (QED) is 0.144. The van der Waals surface area contributed by atoms with Gasteiger partial charge < -0.3 is 4.74 Å². The summed E-state index contributed by atoms with van der Waals surface area (Å²) >= 11 is 7.08. The lowest BCUT2D eigenvalue weighted by Gasteiger charge is -2.38. The van der Waals surface area contributed by atoms with Crippen molar-refractivity contribution in [2.24, 2.45) is 0 Å². The van der Waals surface area contributed by atoms with E-state index in [0.717, 1.165) is 0 Å². The highest BCUT2D eigenvalue weighted by Crippen LogP contribution is 2.46. The number of para-hydroxylation sites is 7. The molecule has 15 heteroatoms. The van der Waals surface area contributed by atoms with Crippen molar-refractivity contribution in [2.45, 2.75) is 13.3 Å². The van der Waals surface area contributed by atoms with Gasteiger partial charge in [0.15, 0.2) is 5.75 Å². The van der Waals surface area contributed by atoms with E-state index < -0.39 is 12.1 Å². The monoisotopic (exact) mass is 704 g/mol. The largest absolute Gasteiger partial charge is 0.573 e. The first kappa shape index (κ1) is 31.7. The number of hydrazine groups is 1. The third kappa shape index (κ3) is 5.80. The van der Waals surface area contributed by atoms with E-state index in [9.17, 15) is 13.2 Å². The van der Waals surface area contributed by atoms with Gasteiger partial charge in [0.2, 0.25) is 11.9 Å². The molecule has 0 aliphatic rings. The van der Waals surface area contributed by atoms with Crippen LogP contribution in [-0.4, -0.2) is 45.4 Å². The Morgan fingerprint density at radius 2 is 1.20 bits per heavy atom. The molecule has 0 spiro atoms. The molecule has 0 unspecified atom stereocenters. The first-order valence-corrected chi connectivity index (χ1v) is 15.8. The average molecular weight is 705 g/mol. The molecule has 0 atom stereocenters. The van der Waals surface area contributed by atoms with Gasteiger partial charge in [0, 0.05) is 12.4 Å². The van der Waals surface area contributed by atoms with Crippen molar-refractivity contribution in [1.29, 1.82) is 0 Å². The van der Waals surface area contributed by atoms with Crippen molar-refractivity contribution in [3.63, 3.8) is 0 Å². The van der Waals surface area contributed by atoms with Crippen LogP contribution in [0.3, 0.4) is 0 Å². The number of alkyl halides is 3. The topological polar surface area (TPSA) is 103 Å². The van der Waals surface area contributed by atoms with E-state index in [1.165, 1.54) is 35.9 Å². The van der Waals surface area contributed by atoms with Crippen molar-refractivity contribution >= 4 is 56.9 Å². The minimum absolute atomic E-state index is 0.0407. The minimum atomic E-state index is -5.03. The molecule has 0 aliphatic carbocycles. The van der Waals surface area contributed by atoms with Crippen molar-refractivity contribution < 1.29 is 17.9 Å². The second-order valence-corrected chi connectivity index (χ2v) is 11.6. The van der Waals surface area contributed by atoms with E-state index in [0.29, 0.717) is 45.0 Å². The van der Waals surface area contributed by atoms with Crippen LogP contribution in [0.5, 0.6) is 5.75 Å². The summed E-state index contributed by atoms with van der Waals surface area (Å²) in [4.78, 5) is 27.4. The first-order valence-electron chi connectivity index (χ1n) is 15.5. The van der Waals surface area contributed by atoms with Crippen LogP contribution in [0.4, 0.5) is 36.4 Å². The van der Waals surface area contributed by atoms with Crippen LogP contribution in [0.1, 0.15) is 5.56 Å². The number of nitrogens with zero attached hydrogens (tertiary/aromatic N) is 10. The molecule has 4 aromatic heterocycles. The zero-order valence-corrected chi connectivity index (χ0v) is 27.3. The van der Waals surface area contributed by atoms with E-state index in [1.807, 2.05) is 55.5 Å². The molecular formula is C36H24ClF3N10O. The Bertz CT molecular complexity index is 2490. The fourth-order valence-electron chi connectivity index (χ4n) is 5.92. The molecule has 0 aliphatic heterocycles. The van der Waals surface area contributed by atoms with Gasteiger partial charge in [-0.15, -0.1) is 13.2 Å². The van der Waals surface area contributed by atoms with Crippen LogP contribution in [0, 0.1) is 6.92 Å². The highest BCUT2D eigenvalue weighted by molar-refractivity contribution is 6.33. The second-order valence-electron chi connectivity index (χ2n) is 11.2. The Kier molecular flexibility index (Phi) is 7.91. The predicted octanol–water partition coefficient (Wildman–Crippen LogP) is 8.70. The van der Waals surface area contributed by atoms with Crippen molar-refractivity contribution in [1.82, 2.24) is 39.0 Å². The molecule has 4 heterocycles. The smallest absolute Gasteiger partial charge is 0.403 e. The molecule has 0 saturated heterocycles. The number of benzene rings is 4. The number of hydrogen-bond donors (Lipinski definition) is 0. The Morgan fingerprint density at radius 3 is 1.75 bits per heavy atom. The summed E-state index contributed by atoms with van der Waals surface area (Å²) < 4.78 is 50.7. The number of halogens is 4. The zero-order chi connectivity index (χ0) is 35.1. The third-order valence-electron chi connectivity index (χ3n) is 7.98. The number of aromatic nitrogens is 8. The number of anilines is 4. The molecule has 252 valence electrons. The standard InChI is InChI=1S/C36H24ClF3N10O/c1-23-9-8-10-24(37)33(23)50(35-46-26-12-3-5-14-28(26)48(35)32-18-20-42-22-44-32)49(29-15-6-7-16-30(29)51-36(38,39)40)34-45-25-11-2-4-13-27(25)47(34)31-17-19-41-21-43-31/h2-22H,1H3. The molecule has 51 heavy (non-hydrogen) atoms. The first-order chi connectivity index (χ1) is 24.8. The van der Waals surface area contributed by atoms with Crippen LogP contribution in [-0.2, 0) is 0 Å². The highest BCUT2D eigenvalue weighted by atomic mass is 35.5. The van der Waals surface area contributed by atoms with Gasteiger partial charge in [-0.1, -0.05) is 60.1 Å². The molecule has 0 amide bonds. The number of ether oxygens (including phenoxy) is 1. The molecule has 8 aromatic rings. The maximum atomic E-state index is 14.2. The van der Waals surface area contributed by atoms with Gasteiger partial charge in [0.25, 0.3) is 0 Å². The third-order valence-corrected chi connectivity index (χ3v) is 8.28. The summed E-state index contributed by atoms with van der Waals surface area (Å²) in [7, 11) is 0. The minimum Gasteiger partial charge on any atom is -0.403 e. The molecule has 8 rings (SSSR count). The lowest BCUT2D eigenvalue weighted by molar-refractivity contribution is -0.274. The van der Waals surface area contributed by atoms with Crippen LogP contribution >= 0.6 is 11.6 Å². The molecule has 0 bridgehead atoms. The van der Waals surface area contributed by atoms with Gasteiger partial charge in [-0.25, -0.2) is 39.9 Å². The molecule has 4 aromatic carbocycles. The molecule has 0 saturated carbocycles. The predicted molar refractivity (Wildman–Crippen MR) is 187 cm³/mol. The lowest BCUT2D eigenvalue weighted by Crippen LogP contribution is -2.40. The lowest BCUT2D eigenvalue weighted by atomic mass is 10.2. The summed E-state index contributed by atoms with van der Waals surface area (Å²) in [5.74, 6) is 0.675. The molecule has 0 N–H and O–H groups in total. The van der Waals surface area contributed by atoms with Gasteiger partial charge in [-0.05, 0) is 67.1 Å². The van der Waals surface area contributed by atoms with Crippen molar-refractivity contribution in [2.75, 3.05) is 10.0 Å². The number of imidazole rings is 2. The Morgan fingerprint density at radius 1 is 0.647 bits per heavy atom. The number of hydrogen-bond acceptors (Lipinski definition) is 9. The fraction of sp³-hybridized carbons (Fsp3) is 0.0556. The van der Waals surface area contributed by atoms with Crippen LogP contribution in [0.15, 0.2) is 128 Å². The number of fused-ring (bicyclic) bond motifs is 2. The summed E-state index contributed by atoms with van der Waals surface area (Å²) in [6.45, 7) is 1.84. The second kappa shape index (κ2) is 12.7. The van der Waals surface area contributed by atoms with Crippen LogP contribution in [0.25, 0.3) is 33.7 Å². The SMILES string of the molecule is Cc1cccc(Cl)c1N(c1nc2ccccc2n1-c1ccncn1)N(c1ccccc1OC(F)(F)F)c1nc2ccccc2n1-c1ccncn1. The summed E-state index contributed by atoms with van der Waals surface area (Å²) in [5, 5.41) is 3.40. The van der Waals surface area contributed by atoms with E-state index in [2.05, 4.69) is 19.9 Å². The van der Waals surface area contributed by atoms with Gasteiger partial charge in [0.1, 0.15) is 30.0 Å². The van der Waals surface area contributed by atoms with Crippen molar-refractivity contribution in [3.05, 3.63) is 139 Å². The Hall–Kier alpha value is -6.54. The van der Waals surface area contributed by atoms with Crippen molar-refractivity contribution in [3.8, 4) is 17.4 Å². The molecule has 0 fully saturated rings. The van der Waals surface area contributed by atoms with E-state index in [1.54, 1.807) is 62.9 Å². The van der Waals surface area contributed by atoms with Gasteiger partial charge in [-0.3, -0.25) is 9.13 Å². The highest BCUT2D eigenvalue weighted by Gasteiger charge is 2.38. The van der Waals surface area contributed by atoms with Gasteiger partial charge in [0.05, 0.1) is 32.8 Å². The molecule has 0 radical (unpaired) electrons. The maximum Gasteiger partial charge on any atom is 0.573 e. The average Bonchev–Trinajstić information content (AvgIpc) is 3.71. The van der Waals surface area contributed by atoms with Gasteiger partial charge in [-0.2, -0.15) is 0 Å². The normalized spacial score (nSPS) is 11.6.